The molecule has 0 N–H and O–H groups in total. The van der Waals surface area contributed by atoms with Crippen molar-refractivity contribution in [2.24, 2.45) is 0 Å². The number of halogens is 1. The van der Waals surface area contributed by atoms with Crippen molar-refractivity contribution in [3.8, 4) is 5.75 Å². The van der Waals surface area contributed by atoms with Crippen LogP contribution in [0.15, 0.2) is 18.2 Å². The van der Waals surface area contributed by atoms with Crippen molar-refractivity contribution < 1.29 is 14.6 Å². The number of aryl methyl sites for hydroxylation is 1. The highest BCUT2D eigenvalue weighted by atomic mass is 35.5. The van der Waals surface area contributed by atoms with E-state index in [0.29, 0.717) is 18.1 Å². The zero-order valence-electron chi connectivity index (χ0n) is 8.46. The maximum absolute atomic E-state index is 10.1. The predicted octanol–water partition coefficient (Wildman–Crippen LogP) is 1.56. The van der Waals surface area contributed by atoms with Crippen molar-refractivity contribution in [2.75, 3.05) is 6.61 Å². The number of rotatable bonds is 5. The van der Waals surface area contributed by atoms with Crippen LogP contribution < -0.4 is 9.84 Å². The van der Waals surface area contributed by atoms with Gasteiger partial charge in [0.2, 0.25) is 0 Å². The van der Waals surface area contributed by atoms with Crippen LogP contribution >= 0.6 is 11.6 Å². The summed E-state index contributed by atoms with van der Waals surface area (Å²) in [5.41, 5.74) is 0.941. The lowest BCUT2D eigenvalue weighted by atomic mass is 10.2. The summed E-state index contributed by atoms with van der Waals surface area (Å²) in [5.74, 6) is -0.316. The van der Waals surface area contributed by atoms with Crippen molar-refractivity contribution in [3.63, 3.8) is 0 Å². The average molecular weight is 228 g/mol. The molecule has 0 saturated carbocycles. The monoisotopic (exact) mass is 227 g/mol. The van der Waals surface area contributed by atoms with Crippen LogP contribution in [-0.4, -0.2) is 12.6 Å². The maximum Gasteiger partial charge on any atom is 0.122 e. The Kier molecular flexibility index (Phi) is 4.43. The molecule has 4 heteroatoms. The van der Waals surface area contributed by atoms with Crippen LogP contribution in [0.25, 0.3) is 0 Å². The molecule has 0 bridgehead atoms. The SMILES string of the molecule is Cc1cc(Cl)ccc1OCCCC(=O)[O-]. The fourth-order valence-corrected chi connectivity index (χ4v) is 1.40. The van der Waals surface area contributed by atoms with E-state index < -0.39 is 5.97 Å². The Balaban J connectivity index is 2.40. The first-order valence-electron chi connectivity index (χ1n) is 4.68. The van der Waals surface area contributed by atoms with Gasteiger partial charge in [0.05, 0.1) is 6.61 Å². The summed E-state index contributed by atoms with van der Waals surface area (Å²) in [6.07, 6.45) is 0.469. The molecule has 0 amide bonds. The first-order valence-corrected chi connectivity index (χ1v) is 5.06. The summed E-state index contributed by atoms with van der Waals surface area (Å²) in [4.78, 5) is 10.1. The van der Waals surface area contributed by atoms with Crippen LogP contribution in [0.2, 0.25) is 5.02 Å². The van der Waals surface area contributed by atoms with E-state index in [9.17, 15) is 9.90 Å². The molecule has 3 nitrogen and oxygen atoms in total. The van der Waals surface area contributed by atoms with E-state index in [1.54, 1.807) is 18.2 Å². The minimum Gasteiger partial charge on any atom is -0.550 e. The molecule has 0 aliphatic carbocycles. The molecule has 1 aromatic carbocycles. The van der Waals surface area contributed by atoms with E-state index in [4.69, 9.17) is 16.3 Å². The Labute approximate surface area is 93.6 Å². The Morgan fingerprint density at radius 2 is 2.27 bits per heavy atom. The fourth-order valence-electron chi connectivity index (χ4n) is 1.17. The highest BCUT2D eigenvalue weighted by Gasteiger charge is 1.99. The standard InChI is InChI=1S/C11H13ClO3/c1-8-7-9(12)4-5-10(8)15-6-2-3-11(13)14/h4-5,7H,2-3,6H2,1H3,(H,13,14)/p-1. The number of aliphatic carboxylic acids is 1. The highest BCUT2D eigenvalue weighted by molar-refractivity contribution is 6.30. The van der Waals surface area contributed by atoms with Crippen LogP contribution in [0.4, 0.5) is 0 Å². The van der Waals surface area contributed by atoms with Crippen molar-refractivity contribution >= 4 is 17.6 Å². The molecule has 0 atom stereocenters. The van der Waals surface area contributed by atoms with Gasteiger partial charge in [0, 0.05) is 11.0 Å². The topological polar surface area (TPSA) is 49.4 Å². The van der Waals surface area contributed by atoms with E-state index in [-0.39, 0.29) is 6.42 Å². The number of ether oxygens (including phenoxy) is 1. The molecule has 0 unspecified atom stereocenters. The zero-order valence-corrected chi connectivity index (χ0v) is 9.21. The van der Waals surface area contributed by atoms with Gasteiger partial charge in [0.1, 0.15) is 5.75 Å². The van der Waals surface area contributed by atoms with Gasteiger partial charge in [0.15, 0.2) is 0 Å². The number of carboxylic acids is 1. The van der Waals surface area contributed by atoms with Gasteiger partial charge >= 0.3 is 0 Å². The number of carboxylic acid groups (broad SMARTS) is 1. The molecular weight excluding hydrogens is 216 g/mol. The summed E-state index contributed by atoms with van der Waals surface area (Å²) in [7, 11) is 0. The summed E-state index contributed by atoms with van der Waals surface area (Å²) < 4.78 is 5.39. The van der Waals surface area contributed by atoms with E-state index >= 15 is 0 Å². The molecule has 0 saturated heterocycles. The maximum atomic E-state index is 10.1. The lowest BCUT2D eigenvalue weighted by molar-refractivity contribution is -0.305. The van der Waals surface area contributed by atoms with E-state index in [1.807, 2.05) is 6.92 Å². The third-order valence-corrected chi connectivity index (χ3v) is 2.15. The molecular formula is C11H12ClO3-. The van der Waals surface area contributed by atoms with Gasteiger partial charge in [-0.3, -0.25) is 0 Å². The molecule has 0 fully saturated rings. The zero-order chi connectivity index (χ0) is 11.3. The fraction of sp³-hybridized carbons (Fsp3) is 0.364. The number of carbonyl (C=O) groups excluding carboxylic acids is 1. The van der Waals surface area contributed by atoms with Crippen LogP contribution in [-0.2, 0) is 4.79 Å². The van der Waals surface area contributed by atoms with Crippen LogP contribution in [0.3, 0.4) is 0 Å². The lowest BCUT2D eigenvalue weighted by Crippen LogP contribution is -2.22. The molecule has 1 aromatic rings. The largest absolute Gasteiger partial charge is 0.550 e. The molecule has 82 valence electrons. The second-order valence-electron chi connectivity index (χ2n) is 3.23. The third-order valence-electron chi connectivity index (χ3n) is 1.92. The number of hydrogen-bond donors (Lipinski definition) is 0. The minimum atomic E-state index is -1.05. The quantitative estimate of drug-likeness (QED) is 0.718. The van der Waals surface area contributed by atoms with Crippen LogP contribution in [0.1, 0.15) is 18.4 Å². The minimum absolute atomic E-state index is 0.0205. The van der Waals surface area contributed by atoms with Crippen LogP contribution in [0, 0.1) is 6.92 Å². The van der Waals surface area contributed by atoms with E-state index in [0.717, 1.165) is 11.3 Å². The van der Waals surface area contributed by atoms with Gasteiger partial charge in [-0.1, -0.05) is 11.6 Å². The van der Waals surface area contributed by atoms with Gasteiger partial charge in [0.25, 0.3) is 0 Å². The van der Waals surface area contributed by atoms with Crippen molar-refractivity contribution in [1.82, 2.24) is 0 Å². The molecule has 0 aliphatic rings. The lowest BCUT2D eigenvalue weighted by Gasteiger charge is -2.09. The normalized spacial score (nSPS) is 10.0. The Morgan fingerprint density at radius 3 is 2.87 bits per heavy atom. The van der Waals surface area contributed by atoms with Gasteiger partial charge in [-0.2, -0.15) is 0 Å². The molecule has 0 heterocycles. The Bertz CT molecular complexity index is 350. The molecule has 0 radical (unpaired) electrons. The van der Waals surface area contributed by atoms with Gasteiger partial charge < -0.3 is 14.6 Å². The molecule has 1 rings (SSSR count). The Hall–Kier alpha value is -1.22. The highest BCUT2D eigenvalue weighted by Crippen LogP contribution is 2.21. The van der Waals surface area contributed by atoms with Crippen molar-refractivity contribution in [2.45, 2.75) is 19.8 Å². The first kappa shape index (κ1) is 11.9. The molecule has 15 heavy (non-hydrogen) atoms. The number of carbonyl (C=O) groups is 1. The summed E-state index contributed by atoms with van der Waals surface area (Å²) in [6, 6.07) is 5.31. The number of benzene rings is 1. The summed E-state index contributed by atoms with van der Waals surface area (Å²) >= 11 is 5.78. The smallest absolute Gasteiger partial charge is 0.122 e. The second kappa shape index (κ2) is 5.61. The predicted molar refractivity (Wildman–Crippen MR) is 55.9 cm³/mol. The van der Waals surface area contributed by atoms with Gasteiger partial charge in [-0.05, 0) is 43.5 Å². The third kappa shape index (κ3) is 4.21. The van der Waals surface area contributed by atoms with Gasteiger partial charge in [-0.15, -0.1) is 0 Å². The molecule has 0 aliphatic heterocycles. The first-order chi connectivity index (χ1) is 7.09. The molecule has 0 aromatic heterocycles. The van der Waals surface area contributed by atoms with Crippen molar-refractivity contribution in [3.05, 3.63) is 28.8 Å². The van der Waals surface area contributed by atoms with Crippen molar-refractivity contribution in [1.29, 1.82) is 0 Å². The summed E-state index contributed by atoms with van der Waals surface area (Å²) in [6.45, 7) is 2.26. The van der Waals surface area contributed by atoms with Gasteiger partial charge in [-0.25, -0.2) is 0 Å². The Morgan fingerprint density at radius 1 is 1.53 bits per heavy atom. The second-order valence-corrected chi connectivity index (χ2v) is 3.67. The van der Waals surface area contributed by atoms with E-state index in [2.05, 4.69) is 0 Å². The average Bonchev–Trinajstić information content (AvgIpc) is 2.14. The van der Waals surface area contributed by atoms with Crippen LogP contribution in [0.5, 0.6) is 5.75 Å². The summed E-state index contributed by atoms with van der Waals surface area (Å²) in [5, 5.41) is 10.8. The number of hydrogen-bond acceptors (Lipinski definition) is 3. The molecule has 0 spiro atoms. The van der Waals surface area contributed by atoms with E-state index in [1.165, 1.54) is 0 Å².